The number of thiazole rings is 1. The van der Waals surface area contributed by atoms with Crippen LogP contribution in [0.1, 0.15) is 53.5 Å². The maximum atomic E-state index is 13.3. The lowest BCUT2D eigenvalue weighted by Gasteiger charge is -2.35. The third-order valence-corrected chi connectivity index (χ3v) is 7.16. The highest BCUT2D eigenvalue weighted by Gasteiger charge is 2.32. The average Bonchev–Trinajstić information content (AvgIpc) is 3.21. The summed E-state index contributed by atoms with van der Waals surface area (Å²) < 4.78 is 1.22. The van der Waals surface area contributed by atoms with Gasteiger partial charge in [-0.1, -0.05) is 43.7 Å². The van der Waals surface area contributed by atoms with Gasteiger partial charge in [0.05, 0.1) is 15.2 Å². The molecule has 2 heterocycles. The van der Waals surface area contributed by atoms with E-state index in [1.165, 1.54) is 9.71 Å². The van der Waals surface area contributed by atoms with Gasteiger partial charge in [0.2, 0.25) is 5.91 Å². The van der Waals surface area contributed by atoms with Crippen LogP contribution in [0.25, 0.3) is 10.2 Å². The summed E-state index contributed by atoms with van der Waals surface area (Å²) in [7, 11) is 0. The Kier molecular flexibility index (Phi) is 6.37. The van der Waals surface area contributed by atoms with E-state index in [-0.39, 0.29) is 17.7 Å². The quantitative estimate of drug-likeness (QED) is 0.628. The third kappa shape index (κ3) is 4.79. The second-order valence-electron chi connectivity index (χ2n) is 8.68. The van der Waals surface area contributed by atoms with Crippen molar-refractivity contribution in [2.45, 2.75) is 45.6 Å². The van der Waals surface area contributed by atoms with E-state index < -0.39 is 6.04 Å². The second kappa shape index (κ2) is 9.18. The van der Waals surface area contributed by atoms with E-state index in [0.29, 0.717) is 24.6 Å². The van der Waals surface area contributed by atoms with Crippen molar-refractivity contribution in [2.24, 2.45) is 5.92 Å². The van der Waals surface area contributed by atoms with Crippen LogP contribution in [0.3, 0.4) is 0 Å². The Hall–Kier alpha value is -2.73. The summed E-state index contributed by atoms with van der Waals surface area (Å²) in [6, 6.07) is 15.2. The number of para-hydroxylation sites is 1. The van der Waals surface area contributed by atoms with Crippen molar-refractivity contribution in [3.63, 3.8) is 0 Å². The summed E-state index contributed by atoms with van der Waals surface area (Å²) in [5.74, 6) is 0.225. The third-order valence-electron chi connectivity index (χ3n) is 5.97. The zero-order valence-electron chi connectivity index (χ0n) is 18.3. The van der Waals surface area contributed by atoms with Gasteiger partial charge in [-0.25, -0.2) is 4.98 Å². The number of nitrogens with one attached hydrogen (secondary N) is 1. The normalized spacial score (nSPS) is 15.9. The van der Waals surface area contributed by atoms with Crippen LogP contribution in [-0.4, -0.2) is 40.8 Å². The molecule has 2 aromatic carbocycles. The number of benzene rings is 2. The molecule has 1 fully saturated rings. The topological polar surface area (TPSA) is 62.3 Å². The van der Waals surface area contributed by atoms with Crippen molar-refractivity contribution in [3.05, 3.63) is 64.7 Å². The predicted octanol–water partition coefficient (Wildman–Crippen LogP) is 4.77. The van der Waals surface area contributed by atoms with E-state index in [0.717, 1.165) is 23.9 Å². The number of likely N-dealkylation sites (tertiary alicyclic amines) is 1. The molecular formula is C25H29N3O2S. The first kappa shape index (κ1) is 21.5. The highest BCUT2D eigenvalue weighted by Crippen LogP contribution is 2.34. The van der Waals surface area contributed by atoms with Crippen molar-refractivity contribution in [3.8, 4) is 0 Å². The number of nitrogens with zero attached hydrogens (tertiary/aromatic N) is 2. The van der Waals surface area contributed by atoms with E-state index in [2.05, 4.69) is 17.4 Å². The summed E-state index contributed by atoms with van der Waals surface area (Å²) >= 11 is 1.76. The van der Waals surface area contributed by atoms with Gasteiger partial charge in [0.25, 0.3) is 5.91 Å². The highest BCUT2D eigenvalue weighted by molar-refractivity contribution is 7.18. The van der Waals surface area contributed by atoms with Crippen LogP contribution >= 0.6 is 11.3 Å². The van der Waals surface area contributed by atoms with Crippen LogP contribution in [0.5, 0.6) is 0 Å². The molecule has 1 aliphatic heterocycles. The van der Waals surface area contributed by atoms with Crippen molar-refractivity contribution < 1.29 is 9.59 Å². The smallest absolute Gasteiger partial charge is 0.251 e. The summed E-state index contributed by atoms with van der Waals surface area (Å²) in [6.07, 6.45) is 1.81. The van der Waals surface area contributed by atoms with E-state index in [1.54, 1.807) is 17.4 Å². The van der Waals surface area contributed by atoms with Crippen LogP contribution < -0.4 is 5.32 Å². The van der Waals surface area contributed by atoms with Crippen molar-refractivity contribution in [2.75, 3.05) is 13.1 Å². The summed E-state index contributed by atoms with van der Waals surface area (Å²) in [6.45, 7) is 7.31. The minimum absolute atomic E-state index is 0.0127. The molecule has 0 spiro atoms. The van der Waals surface area contributed by atoms with Gasteiger partial charge in [0, 0.05) is 24.6 Å². The first-order valence-corrected chi connectivity index (χ1v) is 11.8. The Labute approximate surface area is 187 Å². The molecule has 1 atom stereocenters. The molecule has 1 aromatic heterocycles. The van der Waals surface area contributed by atoms with Crippen LogP contribution in [0.4, 0.5) is 0 Å². The molecule has 2 amide bonds. The summed E-state index contributed by atoms with van der Waals surface area (Å²) in [4.78, 5) is 32.7. The number of fused-ring (bicyclic) bond motifs is 1. The van der Waals surface area contributed by atoms with Gasteiger partial charge in [-0.15, -0.1) is 11.3 Å². The fourth-order valence-corrected chi connectivity index (χ4v) is 5.27. The highest BCUT2D eigenvalue weighted by atomic mass is 32.1. The van der Waals surface area contributed by atoms with Crippen LogP contribution in [0, 0.1) is 12.8 Å². The van der Waals surface area contributed by atoms with Gasteiger partial charge in [0.1, 0.15) is 6.04 Å². The maximum absolute atomic E-state index is 13.3. The van der Waals surface area contributed by atoms with Crippen molar-refractivity contribution in [1.82, 2.24) is 15.2 Å². The molecule has 1 unspecified atom stereocenters. The number of hydrogen-bond acceptors (Lipinski definition) is 4. The van der Waals surface area contributed by atoms with Crippen LogP contribution in [-0.2, 0) is 4.79 Å². The number of aryl methyl sites for hydroxylation is 1. The molecule has 3 aromatic rings. The number of piperidine rings is 1. The van der Waals surface area contributed by atoms with Gasteiger partial charge in [-0.3, -0.25) is 9.59 Å². The molecule has 0 aliphatic carbocycles. The van der Waals surface area contributed by atoms with Crippen molar-refractivity contribution in [1.29, 1.82) is 0 Å². The first-order chi connectivity index (χ1) is 14.9. The number of amides is 2. The number of hydrogen-bond donors (Lipinski definition) is 1. The lowest BCUT2D eigenvalue weighted by Crippen LogP contribution is -2.52. The Morgan fingerprint density at radius 1 is 1.10 bits per heavy atom. The molecule has 4 rings (SSSR count). The number of carbonyl (C=O) groups excluding carboxylic acids is 2. The molecule has 1 aliphatic rings. The number of aromatic nitrogens is 1. The largest absolute Gasteiger partial charge is 0.341 e. The Balaban J connectivity index is 1.40. The van der Waals surface area contributed by atoms with E-state index >= 15 is 0 Å². The Morgan fingerprint density at radius 2 is 1.84 bits per heavy atom. The Bertz CT molecular complexity index is 1050. The average molecular weight is 436 g/mol. The predicted molar refractivity (Wildman–Crippen MR) is 125 cm³/mol. The van der Waals surface area contributed by atoms with E-state index in [9.17, 15) is 9.59 Å². The van der Waals surface area contributed by atoms with Crippen LogP contribution in [0.2, 0.25) is 0 Å². The fourth-order valence-electron chi connectivity index (χ4n) is 4.13. The fraction of sp³-hybridized carbons (Fsp3) is 0.400. The molecule has 0 bridgehead atoms. The molecule has 0 radical (unpaired) electrons. The van der Waals surface area contributed by atoms with Gasteiger partial charge in [-0.2, -0.15) is 0 Å². The van der Waals surface area contributed by atoms with Crippen molar-refractivity contribution >= 4 is 33.4 Å². The molecule has 1 N–H and O–H groups in total. The van der Waals surface area contributed by atoms with Gasteiger partial charge in [0.15, 0.2) is 0 Å². The first-order valence-electron chi connectivity index (χ1n) is 10.9. The molecule has 6 heteroatoms. The van der Waals surface area contributed by atoms with Gasteiger partial charge in [-0.05, 0) is 49.9 Å². The Morgan fingerprint density at radius 3 is 2.52 bits per heavy atom. The zero-order valence-corrected chi connectivity index (χ0v) is 19.1. The van der Waals surface area contributed by atoms with Gasteiger partial charge < -0.3 is 10.2 Å². The lowest BCUT2D eigenvalue weighted by atomic mass is 9.95. The molecule has 31 heavy (non-hydrogen) atoms. The monoisotopic (exact) mass is 435 g/mol. The lowest BCUT2D eigenvalue weighted by molar-refractivity contribution is -0.135. The summed E-state index contributed by atoms with van der Waals surface area (Å²) in [5.41, 5.74) is 2.67. The minimum atomic E-state index is -0.521. The van der Waals surface area contributed by atoms with E-state index in [4.69, 9.17) is 4.98 Å². The maximum Gasteiger partial charge on any atom is 0.251 e. The zero-order chi connectivity index (χ0) is 22.0. The number of rotatable bonds is 5. The van der Waals surface area contributed by atoms with Crippen LogP contribution in [0.15, 0.2) is 48.5 Å². The van der Waals surface area contributed by atoms with Gasteiger partial charge >= 0.3 is 0 Å². The standard InChI is InChI=1S/C25H29N3O2S/c1-16(2)22(27-23(29)19-8-6-7-17(3)15-19)25(30)28-13-11-18(12-14-28)24-26-20-9-4-5-10-21(20)31-24/h4-10,15-16,18,22H,11-14H2,1-3H3,(H,27,29). The molecule has 5 nitrogen and oxygen atoms in total. The van der Waals surface area contributed by atoms with E-state index in [1.807, 2.05) is 56.0 Å². The second-order valence-corrected chi connectivity index (χ2v) is 9.75. The summed E-state index contributed by atoms with van der Waals surface area (Å²) in [5, 5.41) is 4.15. The molecule has 0 saturated carbocycles. The molecular weight excluding hydrogens is 406 g/mol. The molecule has 1 saturated heterocycles. The molecule has 162 valence electrons. The SMILES string of the molecule is Cc1cccc(C(=O)NC(C(=O)N2CCC(c3nc4ccccc4s3)CC2)C(C)C)c1. The minimum Gasteiger partial charge on any atom is -0.341 e. The number of carbonyl (C=O) groups is 2.